The van der Waals surface area contributed by atoms with E-state index in [4.69, 9.17) is 9.47 Å². The molecule has 2 saturated heterocycles. The van der Waals surface area contributed by atoms with Crippen LogP contribution in [0.4, 0.5) is 0 Å². The summed E-state index contributed by atoms with van der Waals surface area (Å²) in [6.07, 6.45) is 3.47. The van der Waals surface area contributed by atoms with Crippen LogP contribution in [0.15, 0.2) is 53.4 Å². The third-order valence-corrected chi connectivity index (χ3v) is 8.77. The van der Waals surface area contributed by atoms with Gasteiger partial charge >= 0.3 is 0 Å². The lowest BCUT2D eigenvalue weighted by atomic mass is 10.1. The molecule has 9 heteroatoms. The number of benzene rings is 2. The molecule has 0 aliphatic carbocycles. The zero-order chi connectivity index (χ0) is 23.5. The molecule has 0 saturated carbocycles. The van der Waals surface area contributed by atoms with E-state index in [1.54, 1.807) is 6.07 Å². The van der Waals surface area contributed by atoms with E-state index in [-0.39, 0.29) is 16.8 Å². The number of ether oxygens (including phenoxy) is 2. The lowest BCUT2D eigenvalue weighted by molar-refractivity contribution is -0.124. The second kappa shape index (κ2) is 9.93. The van der Waals surface area contributed by atoms with Crippen molar-refractivity contribution >= 4 is 15.9 Å². The minimum atomic E-state index is -3.85. The maximum atomic E-state index is 13.4. The van der Waals surface area contributed by atoms with Crippen LogP contribution in [0.2, 0.25) is 0 Å². The fourth-order valence-electron chi connectivity index (χ4n) is 5.11. The Hall–Kier alpha value is -2.62. The van der Waals surface area contributed by atoms with Crippen molar-refractivity contribution in [3.05, 3.63) is 54.1 Å². The molecular weight excluding hydrogens is 454 g/mol. The van der Waals surface area contributed by atoms with E-state index in [0.717, 1.165) is 31.5 Å². The highest BCUT2D eigenvalue weighted by molar-refractivity contribution is 7.89. The summed E-state index contributed by atoms with van der Waals surface area (Å²) >= 11 is 0. The van der Waals surface area contributed by atoms with Gasteiger partial charge < -0.3 is 14.8 Å². The van der Waals surface area contributed by atoms with E-state index in [1.165, 1.54) is 16.4 Å². The molecule has 3 heterocycles. The van der Waals surface area contributed by atoms with Crippen molar-refractivity contribution < 1.29 is 22.7 Å². The van der Waals surface area contributed by atoms with E-state index in [2.05, 4.69) is 22.3 Å². The molecule has 8 nitrogen and oxygen atoms in total. The molecule has 2 atom stereocenters. The molecule has 3 aliphatic rings. The van der Waals surface area contributed by atoms with Crippen LogP contribution < -0.4 is 14.8 Å². The zero-order valence-electron chi connectivity index (χ0n) is 19.2. The van der Waals surface area contributed by atoms with Gasteiger partial charge in [0, 0.05) is 19.2 Å². The van der Waals surface area contributed by atoms with Crippen LogP contribution >= 0.6 is 0 Å². The maximum Gasteiger partial charge on any atom is 0.243 e. The molecule has 182 valence electrons. The van der Waals surface area contributed by atoms with Gasteiger partial charge in [-0.25, -0.2) is 8.42 Å². The fourth-order valence-corrected chi connectivity index (χ4v) is 6.78. The molecule has 1 N–H and O–H groups in total. The summed E-state index contributed by atoms with van der Waals surface area (Å²) in [6, 6.07) is 14.2. The molecule has 5 rings (SSSR count). The van der Waals surface area contributed by atoms with E-state index in [1.807, 2.05) is 18.2 Å². The minimum Gasteiger partial charge on any atom is -0.486 e. The highest BCUT2D eigenvalue weighted by Gasteiger charge is 2.40. The van der Waals surface area contributed by atoms with Gasteiger partial charge in [0.15, 0.2) is 11.5 Å². The molecule has 2 aromatic rings. The Balaban J connectivity index is 1.30. The molecule has 2 aromatic carbocycles. The number of fused-ring (bicyclic) bond motifs is 1. The normalized spacial score (nSPS) is 21.9. The smallest absolute Gasteiger partial charge is 0.243 e. The van der Waals surface area contributed by atoms with Gasteiger partial charge in [-0.05, 0) is 56.5 Å². The summed E-state index contributed by atoms with van der Waals surface area (Å²) < 4.78 is 39.3. The van der Waals surface area contributed by atoms with E-state index in [9.17, 15) is 13.2 Å². The fraction of sp³-hybridized carbons (Fsp3) is 0.480. The average molecular weight is 486 g/mol. The van der Waals surface area contributed by atoms with Gasteiger partial charge in [-0.3, -0.25) is 9.69 Å². The number of nitrogens with zero attached hydrogens (tertiary/aromatic N) is 2. The number of rotatable bonds is 7. The largest absolute Gasteiger partial charge is 0.486 e. The molecule has 1 amide bonds. The Morgan fingerprint density at radius 2 is 1.71 bits per heavy atom. The molecule has 3 aliphatic heterocycles. The summed E-state index contributed by atoms with van der Waals surface area (Å²) in [4.78, 5) is 15.8. The molecule has 2 unspecified atom stereocenters. The van der Waals surface area contributed by atoms with Crippen molar-refractivity contribution in [2.75, 3.05) is 39.4 Å². The van der Waals surface area contributed by atoms with Crippen LogP contribution in [-0.4, -0.2) is 69.0 Å². The summed E-state index contributed by atoms with van der Waals surface area (Å²) in [5, 5.41) is 3.07. The molecule has 34 heavy (non-hydrogen) atoms. The van der Waals surface area contributed by atoms with Gasteiger partial charge in [0.25, 0.3) is 0 Å². The second-order valence-electron chi connectivity index (χ2n) is 8.99. The minimum absolute atomic E-state index is 0.0805. The Kier molecular flexibility index (Phi) is 6.76. The van der Waals surface area contributed by atoms with Gasteiger partial charge in [0.2, 0.25) is 15.9 Å². The SMILES string of the molecule is O=C(NCC(c1ccccc1)N1CCCC1)C1CCCN1S(=O)(=O)c1ccc2c(c1)OCCO2. The zero-order valence-corrected chi connectivity index (χ0v) is 20.0. The number of amides is 1. The van der Waals surface area contributed by atoms with Crippen molar-refractivity contribution in [2.45, 2.75) is 42.7 Å². The Morgan fingerprint density at radius 3 is 2.47 bits per heavy atom. The van der Waals surface area contributed by atoms with Gasteiger partial charge in [-0.1, -0.05) is 30.3 Å². The van der Waals surface area contributed by atoms with Crippen molar-refractivity contribution in [1.82, 2.24) is 14.5 Å². The Morgan fingerprint density at radius 1 is 0.971 bits per heavy atom. The van der Waals surface area contributed by atoms with Crippen LogP contribution in [-0.2, 0) is 14.8 Å². The van der Waals surface area contributed by atoms with Crippen LogP contribution in [0.1, 0.15) is 37.3 Å². The quantitative estimate of drug-likeness (QED) is 0.649. The van der Waals surface area contributed by atoms with Crippen molar-refractivity contribution in [1.29, 1.82) is 0 Å². The highest BCUT2D eigenvalue weighted by atomic mass is 32.2. The molecule has 2 fully saturated rings. The topological polar surface area (TPSA) is 88.2 Å². The standard InChI is InChI=1S/C25H31N3O5S/c29-25(26-18-22(27-12-4-5-13-27)19-7-2-1-3-8-19)21-9-6-14-28(21)34(30,31)20-10-11-23-24(17-20)33-16-15-32-23/h1-3,7-8,10-11,17,21-22H,4-6,9,12-16,18H2,(H,26,29). The number of hydrogen-bond acceptors (Lipinski definition) is 6. The van der Waals surface area contributed by atoms with E-state index >= 15 is 0 Å². The second-order valence-corrected chi connectivity index (χ2v) is 10.9. The number of carbonyl (C=O) groups is 1. The van der Waals surface area contributed by atoms with Gasteiger partial charge in [-0.15, -0.1) is 0 Å². The highest BCUT2D eigenvalue weighted by Crippen LogP contribution is 2.35. The number of likely N-dealkylation sites (tertiary alicyclic amines) is 1. The van der Waals surface area contributed by atoms with Crippen molar-refractivity contribution in [3.63, 3.8) is 0 Å². The summed E-state index contributed by atoms with van der Waals surface area (Å²) in [7, 11) is -3.85. The van der Waals surface area contributed by atoms with E-state index in [0.29, 0.717) is 50.6 Å². The number of sulfonamides is 1. The third kappa shape index (κ3) is 4.64. The van der Waals surface area contributed by atoms with Crippen molar-refractivity contribution in [3.8, 4) is 11.5 Å². The number of hydrogen-bond donors (Lipinski definition) is 1. The van der Waals surface area contributed by atoms with Crippen LogP contribution in [0.5, 0.6) is 11.5 Å². The van der Waals surface area contributed by atoms with Crippen LogP contribution in [0.25, 0.3) is 0 Å². The first-order valence-electron chi connectivity index (χ1n) is 12.0. The Labute approximate surface area is 200 Å². The number of carbonyl (C=O) groups excluding carboxylic acids is 1. The molecule has 0 bridgehead atoms. The van der Waals surface area contributed by atoms with Crippen molar-refractivity contribution in [2.24, 2.45) is 0 Å². The lowest BCUT2D eigenvalue weighted by Crippen LogP contribution is -2.47. The van der Waals surface area contributed by atoms with Gasteiger partial charge in [0.05, 0.1) is 10.9 Å². The summed E-state index contributed by atoms with van der Waals surface area (Å²) in [5.41, 5.74) is 1.16. The van der Waals surface area contributed by atoms with E-state index < -0.39 is 16.1 Å². The van der Waals surface area contributed by atoms with Crippen LogP contribution in [0.3, 0.4) is 0 Å². The lowest BCUT2D eigenvalue weighted by Gasteiger charge is -2.29. The first-order chi connectivity index (χ1) is 16.5. The predicted molar refractivity (Wildman–Crippen MR) is 127 cm³/mol. The molecule has 0 spiro atoms. The van der Waals surface area contributed by atoms with Crippen LogP contribution in [0, 0.1) is 0 Å². The van der Waals surface area contributed by atoms with Gasteiger partial charge in [-0.2, -0.15) is 4.31 Å². The monoisotopic (exact) mass is 485 g/mol. The van der Waals surface area contributed by atoms with Gasteiger partial charge in [0.1, 0.15) is 19.3 Å². The molecular formula is C25H31N3O5S. The number of nitrogens with one attached hydrogen (secondary N) is 1. The Bertz CT molecular complexity index is 1120. The maximum absolute atomic E-state index is 13.4. The predicted octanol–water partition coefficient (Wildman–Crippen LogP) is 2.56. The molecule has 0 aromatic heterocycles. The summed E-state index contributed by atoms with van der Waals surface area (Å²) in [6.45, 7) is 3.60. The third-order valence-electron chi connectivity index (χ3n) is 6.86. The summed E-state index contributed by atoms with van der Waals surface area (Å²) in [5.74, 6) is 0.720. The first-order valence-corrected chi connectivity index (χ1v) is 13.5. The molecule has 0 radical (unpaired) electrons. The average Bonchev–Trinajstić information content (AvgIpc) is 3.58. The first kappa shape index (κ1) is 23.1.